The standard InChI is InChI=1S/C10H21F3O4SSi/c1-8(17-18(14,15)10(11,12)13)7-16-19(5,6)9(2,3)4/h8H,7H2,1-6H3. The molecule has 0 aliphatic carbocycles. The average Bonchev–Trinajstić information content (AvgIpc) is 2.10. The number of rotatable bonds is 5. The van der Waals surface area contributed by atoms with E-state index in [1.54, 1.807) is 0 Å². The summed E-state index contributed by atoms with van der Waals surface area (Å²) in [5, 5.41) is -0.115. The second-order valence-corrected chi connectivity index (χ2v) is 12.3. The lowest BCUT2D eigenvalue weighted by atomic mass is 10.2. The van der Waals surface area contributed by atoms with Crippen molar-refractivity contribution in [2.75, 3.05) is 6.61 Å². The van der Waals surface area contributed by atoms with Crippen LogP contribution in [0, 0.1) is 0 Å². The highest BCUT2D eigenvalue weighted by atomic mass is 32.2. The van der Waals surface area contributed by atoms with Crippen LogP contribution in [0.15, 0.2) is 0 Å². The van der Waals surface area contributed by atoms with Gasteiger partial charge in [-0.25, -0.2) is 0 Å². The molecule has 19 heavy (non-hydrogen) atoms. The zero-order chi connectivity index (χ0) is 15.7. The maximum Gasteiger partial charge on any atom is 0.523 e. The first kappa shape index (κ1) is 18.9. The van der Waals surface area contributed by atoms with Crippen molar-refractivity contribution < 1.29 is 30.2 Å². The molecule has 0 rings (SSSR count). The van der Waals surface area contributed by atoms with Gasteiger partial charge in [-0.3, -0.25) is 4.18 Å². The fourth-order valence-electron chi connectivity index (χ4n) is 0.841. The Morgan fingerprint density at radius 2 is 1.58 bits per heavy atom. The molecule has 0 spiro atoms. The zero-order valence-electron chi connectivity index (χ0n) is 12.0. The van der Waals surface area contributed by atoms with Crippen LogP contribution < -0.4 is 0 Å². The Morgan fingerprint density at radius 1 is 1.16 bits per heavy atom. The molecule has 0 fully saturated rings. The van der Waals surface area contributed by atoms with Gasteiger partial charge in [-0.2, -0.15) is 21.6 Å². The van der Waals surface area contributed by atoms with E-state index in [9.17, 15) is 21.6 Å². The Bertz CT molecular complexity index is 398. The molecule has 0 saturated carbocycles. The summed E-state index contributed by atoms with van der Waals surface area (Å²) in [6.45, 7) is 10.8. The van der Waals surface area contributed by atoms with E-state index >= 15 is 0 Å². The summed E-state index contributed by atoms with van der Waals surface area (Å²) in [6, 6.07) is 0. The Morgan fingerprint density at radius 3 is 1.89 bits per heavy atom. The third kappa shape index (κ3) is 5.40. The number of hydrogen-bond donors (Lipinski definition) is 0. The predicted molar refractivity (Wildman–Crippen MR) is 68.7 cm³/mol. The van der Waals surface area contributed by atoms with Crippen molar-refractivity contribution in [3.05, 3.63) is 0 Å². The minimum atomic E-state index is -5.56. The van der Waals surface area contributed by atoms with E-state index in [1.165, 1.54) is 6.92 Å². The van der Waals surface area contributed by atoms with E-state index in [0.29, 0.717) is 0 Å². The Balaban J connectivity index is 4.57. The van der Waals surface area contributed by atoms with Crippen LogP contribution >= 0.6 is 0 Å². The summed E-state index contributed by atoms with van der Waals surface area (Å²) in [4.78, 5) is 0. The lowest BCUT2D eigenvalue weighted by Gasteiger charge is -2.36. The summed E-state index contributed by atoms with van der Waals surface area (Å²) in [5.74, 6) is 0. The van der Waals surface area contributed by atoms with Crippen molar-refractivity contribution in [1.82, 2.24) is 0 Å². The van der Waals surface area contributed by atoms with Gasteiger partial charge < -0.3 is 4.43 Å². The third-order valence-electron chi connectivity index (χ3n) is 3.06. The zero-order valence-corrected chi connectivity index (χ0v) is 13.8. The number of hydrogen-bond acceptors (Lipinski definition) is 4. The second-order valence-electron chi connectivity index (χ2n) is 5.88. The van der Waals surface area contributed by atoms with Crippen molar-refractivity contribution in [3.8, 4) is 0 Å². The Kier molecular flexibility index (Phi) is 5.67. The molecule has 0 N–H and O–H groups in total. The monoisotopic (exact) mass is 322 g/mol. The predicted octanol–water partition coefficient (Wildman–Crippen LogP) is 3.26. The molecule has 0 radical (unpaired) electrons. The van der Waals surface area contributed by atoms with Gasteiger partial charge in [0.15, 0.2) is 8.32 Å². The first-order valence-electron chi connectivity index (χ1n) is 5.74. The van der Waals surface area contributed by atoms with Crippen molar-refractivity contribution >= 4 is 18.4 Å². The quantitative estimate of drug-likeness (QED) is 0.443. The van der Waals surface area contributed by atoms with E-state index < -0.39 is 30.0 Å². The van der Waals surface area contributed by atoms with Crippen LogP contribution in [0.5, 0.6) is 0 Å². The van der Waals surface area contributed by atoms with Gasteiger partial charge in [0.2, 0.25) is 0 Å². The largest absolute Gasteiger partial charge is 0.523 e. The van der Waals surface area contributed by atoms with E-state index in [1.807, 2.05) is 33.9 Å². The normalized spacial score (nSPS) is 16.5. The maximum atomic E-state index is 12.1. The van der Waals surface area contributed by atoms with Crippen LogP contribution in [0.4, 0.5) is 13.2 Å². The molecule has 0 aromatic rings. The first-order chi connectivity index (χ1) is 8.10. The molecule has 0 aromatic carbocycles. The van der Waals surface area contributed by atoms with Gasteiger partial charge in [-0.05, 0) is 25.1 Å². The topological polar surface area (TPSA) is 52.6 Å². The second kappa shape index (κ2) is 5.70. The van der Waals surface area contributed by atoms with E-state index in [4.69, 9.17) is 4.43 Å². The van der Waals surface area contributed by atoms with Gasteiger partial charge >= 0.3 is 15.6 Å². The molecule has 4 nitrogen and oxygen atoms in total. The molecule has 0 bridgehead atoms. The summed E-state index contributed by atoms with van der Waals surface area (Å²) in [7, 11) is -7.71. The molecule has 0 amide bonds. The van der Waals surface area contributed by atoms with Crippen LogP contribution in [0.2, 0.25) is 18.1 Å². The van der Waals surface area contributed by atoms with Gasteiger partial charge in [0, 0.05) is 0 Å². The highest BCUT2D eigenvalue weighted by Gasteiger charge is 2.48. The van der Waals surface area contributed by atoms with E-state index in [-0.39, 0.29) is 11.6 Å². The Hall–Kier alpha value is -0.123. The van der Waals surface area contributed by atoms with Crippen LogP contribution in [-0.4, -0.2) is 35.0 Å². The summed E-state index contributed by atoms with van der Waals surface area (Å²) in [5.41, 5.74) is -5.40. The van der Waals surface area contributed by atoms with Crippen molar-refractivity contribution in [3.63, 3.8) is 0 Å². The molecule has 116 valence electrons. The van der Waals surface area contributed by atoms with Crippen LogP contribution in [-0.2, 0) is 18.7 Å². The highest BCUT2D eigenvalue weighted by molar-refractivity contribution is 7.87. The van der Waals surface area contributed by atoms with Crippen molar-refractivity contribution in [1.29, 1.82) is 0 Å². The van der Waals surface area contributed by atoms with Gasteiger partial charge in [0.25, 0.3) is 0 Å². The van der Waals surface area contributed by atoms with Crippen LogP contribution in [0.3, 0.4) is 0 Å². The molecule has 1 unspecified atom stereocenters. The molecular formula is C10H21F3O4SSi. The van der Waals surface area contributed by atoms with Crippen molar-refractivity contribution in [2.45, 2.75) is 57.4 Å². The van der Waals surface area contributed by atoms with E-state index in [2.05, 4.69) is 4.18 Å². The highest BCUT2D eigenvalue weighted by Crippen LogP contribution is 2.36. The molecule has 0 aliphatic rings. The minimum absolute atomic E-state index is 0.115. The summed E-state index contributed by atoms with van der Waals surface area (Å²) in [6.07, 6.45) is -1.18. The molecule has 9 heteroatoms. The van der Waals surface area contributed by atoms with Gasteiger partial charge in [0.05, 0.1) is 12.7 Å². The SMILES string of the molecule is CC(CO[Si](C)(C)C(C)(C)C)OS(=O)(=O)C(F)(F)F. The molecular weight excluding hydrogens is 301 g/mol. The molecule has 1 atom stereocenters. The molecule has 0 saturated heterocycles. The van der Waals surface area contributed by atoms with Gasteiger partial charge in [0.1, 0.15) is 0 Å². The summed E-state index contributed by atoms with van der Waals surface area (Å²) >= 11 is 0. The first-order valence-corrected chi connectivity index (χ1v) is 10.1. The van der Waals surface area contributed by atoms with Crippen LogP contribution in [0.25, 0.3) is 0 Å². The Labute approximate surface area is 113 Å². The van der Waals surface area contributed by atoms with Gasteiger partial charge in [-0.1, -0.05) is 20.8 Å². The lowest BCUT2D eigenvalue weighted by molar-refractivity contribution is -0.0581. The maximum absolute atomic E-state index is 12.1. The van der Waals surface area contributed by atoms with E-state index in [0.717, 1.165) is 0 Å². The summed E-state index contributed by atoms with van der Waals surface area (Å²) < 4.78 is 67.6. The van der Waals surface area contributed by atoms with Crippen molar-refractivity contribution in [2.24, 2.45) is 0 Å². The number of alkyl halides is 3. The number of halogens is 3. The average molecular weight is 322 g/mol. The molecule has 0 heterocycles. The van der Waals surface area contributed by atoms with Crippen LogP contribution in [0.1, 0.15) is 27.7 Å². The molecule has 0 aromatic heterocycles. The fourth-order valence-corrected chi connectivity index (χ4v) is 2.52. The molecule has 0 aliphatic heterocycles. The van der Waals surface area contributed by atoms with Gasteiger partial charge in [-0.15, -0.1) is 0 Å². The lowest BCUT2D eigenvalue weighted by Crippen LogP contribution is -2.43. The smallest absolute Gasteiger partial charge is 0.414 e. The third-order valence-corrected chi connectivity index (χ3v) is 8.71. The minimum Gasteiger partial charge on any atom is -0.414 e. The fraction of sp³-hybridized carbons (Fsp3) is 1.00.